The molecule has 102 valence electrons. The van der Waals surface area contributed by atoms with E-state index in [-0.39, 0.29) is 0 Å². The number of ether oxygens (including phenoxy) is 1. The van der Waals surface area contributed by atoms with Crippen LogP contribution in [0.25, 0.3) is 0 Å². The molecule has 0 saturated carbocycles. The first-order valence-corrected chi connectivity index (χ1v) is 6.49. The fraction of sp³-hybridized carbons (Fsp3) is 0.692. The molecule has 0 radical (unpaired) electrons. The molecule has 1 heterocycles. The fourth-order valence-corrected chi connectivity index (χ4v) is 1.84. The van der Waals surface area contributed by atoms with E-state index in [0.29, 0.717) is 6.04 Å². The van der Waals surface area contributed by atoms with Gasteiger partial charge in [0.15, 0.2) is 0 Å². The monoisotopic (exact) mass is 252 g/mol. The summed E-state index contributed by atoms with van der Waals surface area (Å²) in [4.78, 5) is 11.1. The largest absolute Gasteiger partial charge is 0.383 e. The molecular weight excluding hydrogens is 228 g/mol. The van der Waals surface area contributed by atoms with Crippen LogP contribution in [0.15, 0.2) is 12.4 Å². The van der Waals surface area contributed by atoms with Crippen LogP contribution in [0.2, 0.25) is 0 Å². The first-order valence-electron chi connectivity index (χ1n) is 6.49. The first-order chi connectivity index (χ1) is 8.71. The molecular formula is C13H24N4O. The number of likely N-dealkylation sites (N-methyl/N-ethyl adjacent to an activating group) is 1. The smallest absolute Gasteiger partial charge is 0.144 e. The summed E-state index contributed by atoms with van der Waals surface area (Å²) in [7, 11) is 1.73. The maximum Gasteiger partial charge on any atom is 0.144 e. The number of hydrogen-bond acceptors (Lipinski definition) is 5. The van der Waals surface area contributed by atoms with Crippen LogP contribution in [-0.4, -0.2) is 47.7 Å². The summed E-state index contributed by atoms with van der Waals surface area (Å²) in [5.74, 6) is 0.828. The molecule has 1 N–H and O–H groups in total. The van der Waals surface area contributed by atoms with Crippen LogP contribution in [-0.2, 0) is 11.3 Å². The zero-order valence-corrected chi connectivity index (χ0v) is 11.8. The van der Waals surface area contributed by atoms with Gasteiger partial charge in [0.05, 0.1) is 24.7 Å². The third kappa shape index (κ3) is 4.58. The van der Waals surface area contributed by atoms with Crippen LogP contribution in [0.1, 0.15) is 26.5 Å². The molecule has 1 aromatic rings. The molecule has 5 heteroatoms. The predicted molar refractivity (Wildman–Crippen MR) is 73.6 cm³/mol. The molecule has 0 aliphatic rings. The van der Waals surface area contributed by atoms with Crippen molar-refractivity contribution in [3.8, 4) is 0 Å². The lowest BCUT2D eigenvalue weighted by Gasteiger charge is -2.26. The van der Waals surface area contributed by atoms with E-state index in [1.54, 1.807) is 13.3 Å². The van der Waals surface area contributed by atoms with Gasteiger partial charge in [-0.3, -0.25) is 9.88 Å². The lowest BCUT2D eigenvalue weighted by atomic mass is 10.2. The SMILES string of the molecule is CCNc1cnc(CN(CC)C(C)COC)cn1. The van der Waals surface area contributed by atoms with Crippen molar-refractivity contribution in [3.63, 3.8) is 0 Å². The minimum absolute atomic E-state index is 0.384. The van der Waals surface area contributed by atoms with Gasteiger partial charge in [0.1, 0.15) is 5.82 Å². The van der Waals surface area contributed by atoms with E-state index < -0.39 is 0 Å². The van der Waals surface area contributed by atoms with Gasteiger partial charge in [-0.25, -0.2) is 4.98 Å². The molecule has 5 nitrogen and oxygen atoms in total. The zero-order valence-electron chi connectivity index (χ0n) is 11.8. The average molecular weight is 252 g/mol. The van der Waals surface area contributed by atoms with Gasteiger partial charge in [0.2, 0.25) is 0 Å². The van der Waals surface area contributed by atoms with Gasteiger partial charge in [-0.05, 0) is 20.4 Å². The summed E-state index contributed by atoms with van der Waals surface area (Å²) in [5.41, 5.74) is 0.987. The minimum atomic E-state index is 0.384. The lowest BCUT2D eigenvalue weighted by Crippen LogP contribution is -2.35. The van der Waals surface area contributed by atoms with E-state index >= 15 is 0 Å². The van der Waals surface area contributed by atoms with Crippen LogP contribution in [0.5, 0.6) is 0 Å². The molecule has 0 aliphatic heterocycles. The summed E-state index contributed by atoms with van der Waals surface area (Å²) in [6.07, 6.45) is 3.62. The number of nitrogens with zero attached hydrogens (tertiary/aromatic N) is 3. The molecule has 1 rings (SSSR count). The molecule has 0 spiro atoms. The van der Waals surface area contributed by atoms with E-state index in [2.05, 4.69) is 34.0 Å². The Bertz CT molecular complexity index is 328. The van der Waals surface area contributed by atoms with Gasteiger partial charge in [-0.1, -0.05) is 6.92 Å². The van der Waals surface area contributed by atoms with Gasteiger partial charge >= 0.3 is 0 Å². The van der Waals surface area contributed by atoms with Crippen LogP contribution < -0.4 is 5.32 Å². The first kappa shape index (κ1) is 14.9. The normalized spacial score (nSPS) is 12.7. The van der Waals surface area contributed by atoms with E-state index in [9.17, 15) is 0 Å². The number of methoxy groups -OCH3 is 1. The topological polar surface area (TPSA) is 50.3 Å². The van der Waals surface area contributed by atoms with Crippen molar-refractivity contribution in [3.05, 3.63) is 18.1 Å². The third-order valence-electron chi connectivity index (χ3n) is 2.87. The molecule has 0 amide bonds. The number of anilines is 1. The number of rotatable bonds is 8. The van der Waals surface area contributed by atoms with Crippen molar-refractivity contribution in [2.24, 2.45) is 0 Å². The maximum atomic E-state index is 5.19. The Balaban J connectivity index is 2.58. The summed E-state index contributed by atoms with van der Waals surface area (Å²) >= 11 is 0. The molecule has 1 unspecified atom stereocenters. The summed E-state index contributed by atoms with van der Waals surface area (Å²) in [6, 6.07) is 0.384. The van der Waals surface area contributed by atoms with Crippen LogP contribution in [0.3, 0.4) is 0 Å². The number of aromatic nitrogens is 2. The van der Waals surface area contributed by atoms with Crippen molar-refractivity contribution >= 4 is 5.82 Å². The molecule has 1 atom stereocenters. The Morgan fingerprint density at radius 2 is 2.11 bits per heavy atom. The maximum absolute atomic E-state index is 5.19. The highest BCUT2D eigenvalue weighted by Gasteiger charge is 2.12. The number of hydrogen-bond donors (Lipinski definition) is 1. The average Bonchev–Trinajstić information content (AvgIpc) is 2.38. The second-order valence-electron chi connectivity index (χ2n) is 4.29. The van der Waals surface area contributed by atoms with Crippen LogP contribution in [0, 0.1) is 0 Å². The molecule has 0 aliphatic carbocycles. The Morgan fingerprint density at radius 1 is 1.33 bits per heavy atom. The lowest BCUT2D eigenvalue weighted by molar-refractivity contribution is 0.0973. The molecule has 0 fully saturated rings. The summed E-state index contributed by atoms with van der Waals surface area (Å²) < 4.78 is 5.19. The van der Waals surface area contributed by atoms with E-state index in [4.69, 9.17) is 4.74 Å². The highest BCUT2D eigenvalue weighted by Crippen LogP contribution is 2.07. The van der Waals surface area contributed by atoms with E-state index in [0.717, 1.165) is 37.8 Å². The summed E-state index contributed by atoms with van der Waals surface area (Å²) in [6.45, 7) is 9.72. The van der Waals surface area contributed by atoms with Gasteiger partial charge in [0, 0.05) is 26.2 Å². The van der Waals surface area contributed by atoms with Gasteiger partial charge < -0.3 is 10.1 Å². The molecule has 0 aromatic carbocycles. The molecule has 0 bridgehead atoms. The van der Waals surface area contributed by atoms with Crippen molar-refractivity contribution in [1.29, 1.82) is 0 Å². The van der Waals surface area contributed by atoms with E-state index in [1.807, 2.05) is 13.1 Å². The molecule has 18 heavy (non-hydrogen) atoms. The standard InChI is InChI=1S/C13H24N4O/c1-5-14-13-8-15-12(7-16-13)9-17(6-2)11(3)10-18-4/h7-8,11H,5-6,9-10H2,1-4H3,(H,14,16). The van der Waals surface area contributed by atoms with Crippen molar-refractivity contribution in [2.45, 2.75) is 33.4 Å². The van der Waals surface area contributed by atoms with Gasteiger partial charge in [-0.2, -0.15) is 0 Å². The molecule has 0 saturated heterocycles. The van der Waals surface area contributed by atoms with Crippen molar-refractivity contribution in [2.75, 3.05) is 32.1 Å². The predicted octanol–water partition coefficient (Wildman–Crippen LogP) is 1.77. The van der Waals surface area contributed by atoms with Crippen molar-refractivity contribution in [1.82, 2.24) is 14.9 Å². The van der Waals surface area contributed by atoms with Gasteiger partial charge in [-0.15, -0.1) is 0 Å². The second kappa shape index (κ2) is 8.00. The zero-order chi connectivity index (χ0) is 13.4. The van der Waals surface area contributed by atoms with Crippen molar-refractivity contribution < 1.29 is 4.74 Å². The Hall–Kier alpha value is -1.20. The Kier molecular flexibility index (Phi) is 6.60. The van der Waals surface area contributed by atoms with Gasteiger partial charge in [0.25, 0.3) is 0 Å². The second-order valence-corrected chi connectivity index (χ2v) is 4.29. The number of nitrogens with one attached hydrogen (secondary N) is 1. The Labute approximate surface area is 110 Å². The Morgan fingerprint density at radius 3 is 2.61 bits per heavy atom. The van der Waals surface area contributed by atoms with E-state index in [1.165, 1.54) is 0 Å². The third-order valence-corrected chi connectivity index (χ3v) is 2.87. The highest BCUT2D eigenvalue weighted by molar-refractivity contribution is 5.30. The fourth-order valence-electron chi connectivity index (χ4n) is 1.84. The minimum Gasteiger partial charge on any atom is -0.383 e. The highest BCUT2D eigenvalue weighted by atomic mass is 16.5. The summed E-state index contributed by atoms with van der Waals surface area (Å²) in [5, 5.41) is 3.14. The molecule has 1 aromatic heterocycles. The van der Waals surface area contributed by atoms with Crippen LogP contribution >= 0.6 is 0 Å². The van der Waals surface area contributed by atoms with Crippen LogP contribution in [0.4, 0.5) is 5.82 Å². The quantitative estimate of drug-likeness (QED) is 0.764.